The fourth-order valence-electron chi connectivity index (χ4n) is 1.88. The van der Waals surface area contributed by atoms with Crippen LogP contribution < -0.4 is 0 Å². The van der Waals surface area contributed by atoms with E-state index in [1.165, 1.54) is 6.26 Å². The molecule has 4 nitrogen and oxygen atoms in total. The number of carboxylic acids is 1. The van der Waals surface area contributed by atoms with Crippen LogP contribution in [0.25, 0.3) is 0 Å². The average molecular weight is 206 g/mol. The first-order valence-corrected chi connectivity index (χ1v) is 6.19. The Bertz CT molecular complexity index is 306. The van der Waals surface area contributed by atoms with Crippen LogP contribution in [0.1, 0.15) is 19.8 Å². The Morgan fingerprint density at radius 3 is 2.15 bits per heavy atom. The monoisotopic (exact) mass is 206 g/mol. The van der Waals surface area contributed by atoms with Crippen LogP contribution in [0.15, 0.2) is 0 Å². The number of aliphatic carboxylic acids is 1. The molecule has 1 aliphatic carbocycles. The first-order chi connectivity index (χ1) is 5.82. The molecule has 0 aliphatic heterocycles. The molecule has 0 aromatic carbocycles. The Kier molecular flexibility index (Phi) is 2.66. The maximum atomic E-state index is 11.2. The third kappa shape index (κ3) is 2.21. The Labute approximate surface area is 77.9 Å². The van der Waals surface area contributed by atoms with Crippen molar-refractivity contribution in [2.45, 2.75) is 25.0 Å². The van der Waals surface area contributed by atoms with Gasteiger partial charge in [0.25, 0.3) is 0 Å². The summed E-state index contributed by atoms with van der Waals surface area (Å²) in [5.74, 6) is -1.39. The molecule has 1 aliphatic rings. The predicted molar refractivity (Wildman–Crippen MR) is 48.2 cm³/mol. The van der Waals surface area contributed by atoms with Gasteiger partial charge in [0.15, 0.2) is 0 Å². The van der Waals surface area contributed by atoms with Crippen LogP contribution in [0, 0.1) is 11.8 Å². The molecule has 76 valence electrons. The molecule has 1 rings (SSSR count). The number of sulfone groups is 1. The van der Waals surface area contributed by atoms with Crippen LogP contribution in [-0.2, 0) is 14.6 Å². The largest absolute Gasteiger partial charge is 0.481 e. The van der Waals surface area contributed by atoms with Gasteiger partial charge in [-0.1, -0.05) is 6.92 Å². The van der Waals surface area contributed by atoms with Crippen molar-refractivity contribution < 1.29 is 18.3 Å². The topological polar surface area (TPSA) is 71.4 Å². The van der Waals surface area contributed by atoms with Crippen molar-refractivity contribution in [1.82, 2.24) is 0 Å². The molecule has 0 bridgehead atoms. The second-order valence-corrected chi connectivity index (χ2v) is 6.17. The first kappa shape index (κ1) is 10.5. The Morgan fingerprint density at radius 2 is 1.92 bits per heavy atom. The molecular weight excluding hydrogens is 192 g/mol. The van der Waals surface area contributed by atoms with Gasteiger partial charge in [-0.3, -0.25) is 4.79 Å². The lowest BCUT2D eigenvalue weighted by molar-refractivity contribution is -0.142. The average Bonchev–Trinajstić information content (AvgIpc) is 2.29. The molecule has 0 aromatic heterocycles. The van der Waals surface area contributed by atoms with E-state index in [1.54, 1.807) is 6.92 Å². The molecule has 0 amide bonds. The van der Waals surface area contributed by atoms with Crippen molar-refractivity contribution >= 4 is 15.8 Å². The lowest BCUT2D eigenvalue weighted by Crippen LogP contribution is -2.18. The summed E-state index contributed by atoms with van der Waals surface area (Å²) >= 11 is 0. The van der Waals surface area contributed by atoms with E-state index < -0.39 is 27.0 Å². The smallest absolute Gasteiger partial charge is 0.306 e. The minimum absolute atomic E-state index is 0.0303. The standard InChI is InChI=1S/C8H14O4S/c1-5-3-6(13(2,11)12)4-7(5)8(9)10/h5-7H,3-4H2,1-2H3,(H,9,10)/t5-,6+,7-/m1/s1. The molecule has 0 radical (unpaired) electrons. The Morgan fingerprint density at radius 1 is 1.38 bits per heavy atom. The van der Waals surface area contributed by atoms with Crippen LogP contribution in [0.4, 0.5) is 0 Å². The number of hydrogen-bond acceptors (Lipinski definition) is 3. The maximum absolute atomic E-state index is 11.2. The zero-order valence-electron chi connectivity index (χ0n) is 7.73. The van der Waals surface area contributed by atoms with E-state index in [1.807, 2.05) is 0 Å². The van der Waals surface area contributed by atoms with Crippen LogP contribution in [0.5, 0.6) is 0 Å². The van der Waals surface area contributed by atoms with Crippen LogP contribution in [0.2, 0.25) is 0 Å². The highest BCUT2D eigenvalue weighted by Gasteiger charge is 2.40. The number of rotatable bonds is 2. The third-order valence-electron chi connectivity index (χ3n) is 2.76. The van der Waals surface area contributed by atoms with Gasteiger partial charge in [-0.25, -0.2) is 8.42 Å². The van der Waals surface area contributed by atoms with Crippen molar-refractivity contribution in [1.29, 1.82) is 0 Å². The third-order valence-corrected chi connectivity index (χ3v) is 4.36. The molecular formula is C8H14O4S. The predicted octanol–water partition coefficient (Wildman–Crippen LogP) is 0.530. The molecule has 5 heteroatoms. The van der Waals surface area contributed by atoms with E-state index in [2.05, 4.69) is 0 Å². The highest BCUT2D eigenvalue weighted by molar-refractivity contribution is 7.91. The van der Waals surface area contributed by atoms with Crippen LogP contribution >= 0.6 is 0 Å². The second kappa shape index (κ2) is 3.29. The normalized spacial score (nSPS) is 34.8. The lowest BCUT2D eigenvalue weighted by atomic mass is 9.99. The van der Waals surface area contributed by atoms with Crippen molar-refractivity contribution in [2.24, 2.45) is 11.8 Å². The van der Waals surface area contributed by atoms with Crippen molar-refractivity contribution in [3.63, 3.8) is 0 Å². The summed E-state index contributed by atoms with van der Waals surface area (Å²) in [4.78, 5) is 10.7. The van der Waals surface area contributed by atoms with E-state index in [9.17, 15) is 13.2 Å². The number of carbonyl (C=O) groups is 1. The minimum atomic E-state index is -3.07. The summed E-state index contributed by atoms with van der Waals surface area (Å²) < 4.78 is 22.3. The molecule has 1 N–H and O–H groups in total. The SMILES string of the molecule is C[C@@H]1C[C@H](S(C)(=O)=O)C[C@H]1C(=O)O. The molecule has 0 heterocycles. The van der Waals surface area contributed by atoms with Gasteiger partial charge in [0.05, 0.1) is 11.2 Å². The van der Waals surface area contributed by atoms with Crippen molar-refractivity contribution in [3.8, 4) is 0 Å². The summed E-state index contributed by atoms with van der Waals surface area (Å²) in [7, 11) is -3.07. The second-order valence-electron chi connectivity index (χ2n) is 3.84. The highest BCUT2D eigenvalue weighted by Crippen LogP contribution is 2.35. The molecule has 3 atom stereocenters. The molecule has 0 saturated heterocycles. The van der Waals surface area contributed by atoms with E-state index in [4.69, 9.17) is 5.11 Å². The molecule has 13 heavy (non-hydrogen) atoms. The van der Waals surface area contributed by atoms with Gasteiger partial charge in [-0.05, 0) is 18.8 Å². The summed E-state index contributed by atoms with van der Waals surface area (Å²) in [6, 6.07) is 0. The lowest BCUT2D eigenvalue weighted by Gasteiger charge is -2.07. The minimum Gasteiger partial charge on any atom is -0.481 e. The first-order valence-electron chi connectivity index (χ1n) is 4.24. The van der Waals surface area contributed by atoms with Gasteiger partial charge in [-0.2, -0.15) is 0 Å². The summed E-state index contributed by atoms with van der Waals surface area (Å²) in [5, 5.41) is 8.32. The van der Waals surface area contributed by atoms with E-state index in [0.717, 1.165) is 0 Å². The Balaban J connectivity index is 2.77. The van der Waals surface area contributed by atoms with E-state index >= 15 is 0 Å². The van der Waals surface area contributed by atoms with Gasteiger partial charge in [0.2, 0.25) is 0 Å². The summed E-state index contributed by atoms with van der Waals surface area (Å²) in [5.41, 5.74) is 0. The fourth-order valence-corrected chi connectivity index (χ4v) is 3.09. The van der Waals surface area contributed by atoms with Crippen LogP contribution in [-0.4, -0.2) is 31.0 Å². The van der Waals surface area contributed by atoms with E-state index in [0.29, 0.717) is 6.42 Å². The van der Waals surface area contributed by atoms with Crippen LogP contribution in [0.3, 0.4) is 0 Å². The maximum Gasteiger partial charge on any atom is 0.306 e. The zero-order valence-corrected chi connectivity index (χ0v) is 8.54. The zero-order chi connectivity index (χ0) is 10.2. The van der Waals surface area contributed by atoms with Gasteiger partial charge in [-0.15, -0.1) is 0 Å². The number of carboxylic acid groups (broad SMARTS) is 1. The molecule has 0 spiro atoms. The molecule has 0 unspecified atom stereocenters. The number of hydrogen-bond donors (Lipinski definition) is 1. The summed E-state index contributed by atoms with van der Waals surface area (Å²) in [6.07, 6.45) is 1.93. The molecule has 1 saturated carbocycles. The fraction of sp³-hybridized carbons (Fsp3) is 0.875. The van der Waals surface area contributed by atoms with Gasteiger partial charge < -0.3 is 5.11 Å². The van der Waals surface area contributed by atoms with Gasteiger partial charge in [0.1, 0.15) is 9.84 Å². The summed E-state index contributed by atoms with van der Waals surface area (Å²) in [6.45, 7) is 1.80. The van der Waals surface area contributed by atoms with Gasteiger partial charge >= 0.3 is 5.97 Å². The molecule has 1 fully saturated rings. The highest BCUT2D eigenvalue weighted by atomic mass is 32.2. The quantitative estimate of drug-likeness (QED) is 0.715. The van der Waals surface area contributed by atoms with Crippen molar-refractivity contribution in [2.75, 3.05) is 6.26 Å². The Hall–Kier alpha value is -0.580. The van der Waals surface area contributed by atoms with Gasteiger partial charge in [0, 0.05) is 6.26 Å². The van der Waals surface area contributed by atoms with Crippen molar-refractivity contribution in [3.05, 3.63) is 0 Å². The molecule has 0 aromatic rings. The van der Waals surface area contributed by atoms with E-state index in [-0.39, 0.29) is 12.3 Å².